The maximum absolute atomic E-state index is 12.6. The number of amides is 4. The van der Waals surface area contributed by atoms with Gasteiger partial charge in [0.1, 0.15) is 0 Å². The second kappa shape index (κ2) is 7.41. The van der Waals surface area contributed by atoms with E-state index in [4.69, 9.17) is 0 Å². The van der Waals surface area contributed by atoms with Gasteiger partial charge in [-0.3, -0.25) is 0 Å². The predicted molar refractivity (Wildman–Crippen MR) is 82.6 cm³/mol. The first kappa shape index (κ1) is 17.9. The average molecular weight is 344 g/mol. The van der Waals surface area contributed by atoms with Gasteiger partial charge >= 0.3 is 18.2 Å². The lowest BCUT2D eigenvalue weighted by atomic mass is 10.2. The number of carbonyl (C=O) groups excluding carboxylic acids is 2. The Morgan fingerprint density at radius 3 is 2.75 bits per heavy atom. The van der Waals surface area contributed by atoms with Gasteiger partial charge in [-0.05, 0) is 31.5 Å². The van der Waals surface area contributed by atoms with Gasteiger partial charge in [-0.25, -0.2) is 9.59 Å². The zero-order valence-electron chi connectivity index (χ0n) is 13.1. The van der Waals surface area contributed by atoms with Gasteiger partial charge in [-0.2, -0.15) is 13.2 Å². The molecule has 132 valence electrons. The quantitative estimate of drug-likeness (QED) is 0.789. The van der Waals surface area contributed by atoms with Crippen molar-refractivity contribution in [3.63, 3.8) is 0 Å². The number of halogens is 3. The first-order chi connectivity index (χ1) is 11.3. The molecule has 1 aliphatic rings. The molecule has 6 nitrogen and oxygen atoms in total. The van der Waals surface area contributed by atoms with Crippen LogP contribution in [-0.4, -0.2) is 42.6 Å². The molecule has 1 saturated heterocycles. The summed E-state index contributed by atoms with van der Waals surface area (Å²) >= 11 is 0. The van der Waals surface area contributed by atoms with Crippen molar-refractivity contribution in [2.24, 2.45) is 0 Å². The minimum atomic E-state index is -4.47. The molecule has 1 fully saturated rings. The van der Waals surface area contributed by atoms with Crippen LogP contribution in [0, 0.1) is 0 Å². The van der Waals surface area contributed by atoms with E-state index in [9.17, 15) is 22.8 Å². The molecule has 0 radical (unpaired) electrons. The lowest BCUT2D eigenvalue weighted by Crippen LogP contribution is -2.43. The van der Waals surface area contributed by atoms with Gasteiger partial charge in [0.05, 0.1) is 5.56 Å². The highest BCUT2D eigenvalue weighted by Gasteiger charge is 2.31. The third-order valence-electron chi connectivity index (χ3n) is 3.59. The van der Waals surface area contributed by atoms with Gasteiger partial charge < -0.3 is 20.9 Å². The Morgan fingerprint density at radius 2 is 2.08 bits per heavy atom. The fourth-order valence-corrected chi connectivity index (χ4v) is 2.45. The Hall–Kier alpha value is -2.45. The Balaban J connectivity index is 1.87. The van der Waals surface area contributed by atoms with E-state index in [0.717, 1.165) is 12.1 Å². The SMILES string of the molecule is CCNC(=O)N1CC[C@H](NC(=O)Nc2cccc(C(F)(F)F)c2)C1. The summed E-state index contributed by atoms with van der Waals surface area (Å²) in [7, 11) is 0. The minimum Gasteiger partial charge on any atom is -0.338 e. The second-order valence-corrected chi connectivity index (χ2v) is 5.44. The van der Waals surface area contributed by atoms with Crippen LogP contribution in [0.3, 0.4) is 0 Å². The van der Waals surface area contributed by atoms with Crippen LogP contribution < -0.4 is 16.0 Å². The Bertz CT molecular complexity index is 607. The van der Waals surface area contributed by atoms with E-state index >= 15 is 0 Å². The van der Waals surface area contributed by atoms with Crippen LogP contribution in [0.15, 0.2) is 24.3 Å². The van der Waals surface area contributed by atoms with Crippen LogP contribution in [-0.2, 0) is 6.18 Å². The van der Waals surface area contributed by atoms with Crippen LogP contribution in [0.1, 0.15) is 18.9 Å². The summed E-state index contributed by atoms with van der Waals surface area (Å²) in [5, 5.41) is 7.71. The third kappa shape index (κ3) is 4.77. The smallest absolute Gasteiger partial charge is 0.338 e. The third-order valence-corrected chi connectivity index (χ3v) is 3.59. The number of hydrogen-bond acceptors (Lipinski definition) is 2. The van der Waals surface area contributed by atoms with E-state index in [1.807, 2.05) is 6.92 Å². The van der Waals surface area contributed by atoms with Gasteiger partial charge in [0.25, 0.3) is 0 Å². The molecule has 0 spiro atoms. The van der Waals surface area contributed by atoms with Crippen LogP contribution in [0.25, 0.3) is 0 Å². The number of rotatable bonds is 3. The summed E-state index contributed by atoms with van der Waals surface area (Å²) in [5.41, 5.74) is -0.774. The average Bonchev–Trinajstić information content (AvgIpc) is 2.95. The van der Waals surface area contributed by atoms with Crippen molar-refractivity contribution in [1.82, 2.24) is 15.5 Å². The van der Waals surface area contributed by atoms with Gasteiger partial charge in [0.15, 0.2) is 0 Å². The van der Waals surface area contributed by atoms with Gasteiger partial charge in [-0.15, -0.1) is 0 Å². The zero-order chi connectivity index (χ0) is 17.7. The van der Waals surface area contributed by atoms with E-state index in [-0.39, 0.29) is 17.8 Å². The molecule has 3 N–H and O–H groups in total. The largest absolute Gasteiger partial charge is 0.416 e. The van der Waals surface area contributed by atoms with Crippen molar-refractivity contribution in [3.8, 4) is 0 Å². The molecule has 0 unspecified atom stereocenters. The molecule has 2 rings (SSSR count). The van der Waals surface area contributed by atoms with Crippen molar-refractivity contribution in [2.45, 2.75) is 25.6 Å². The first-order valence-corrected chi connectivity index (χ1v) is 7.57. The Labute approximate surface area is 137 Å². The molecule has 0 aliphatic carbocycles. The van der Waals surface area contributed by atoms with Gasteiger partial charge in [0, 0.05) is 31.4 Å². The number of anilines is 1. The molecular formula is C15H19F3N4O2. The summed E-state index contributed by atoms with van der Waals surface area (Å²) in [4.78, 5) is 25.2. The number of urea groups is 2. The highest BCUT2D eigenvalue weighted by Crippen LogP contribution is 2.30. The molecule has 1 aliphatic heterocycles. The summed E-state index contributed by atoms with van der Waals surface area (Å²) < 4.78 is 37.9. The highest BCUT2D eigenvalue weighted by atomic mass is 19.4. The van der Waals surface area contributed by atoms with E-state index in [2.05, 4.69) is 16.0 Å². The van der Waals surface area contributed by atoms with Crippen molar-refractivity contribution < 1.29 is 22.8 Å². The number of carbonyl (C=O) groups is 2. The molecule has 1 aromatic carbocycles. The topological polar surface area (TPSA) is 73.5 Å². The number of hydrogen-bond donors (Lipinski definition) is 3. The van der Waals surface area contributed by atoms with E-state index in [1.54, 1.807) is 4.90 Å². The van der Waals surface area contributed by atoms with Crippen LogP contribution in [0.5, 0.6) is 0 Å². The van der Waals surface area contributed by atoms with Crippen molar-refractivity contribution in [1.29, 1.82) is 0 Å². The molecule has 4 amide bonds. The van der Waals surface area contributed by atoms with Crippen LogP contribution in [0.2, 0.25) is 0 Å². The summed E-state index contributed by atoms with van der Waals surface area (Å²) in [6.45, 7) is 3.21. The van der Waals surface area contributed by atoms with Crippen molar-refractivity contribution in [3.05, 3.63) is 29.8 Å². The summed E-state index contributed by atoms with van der Waals surface area (Å²) in [6.07, 6.45) is -3.88. The molecule has 24 heavy (non-hydrogen) atoms. The normalized spacial score (nSPS) is 17.5. The number of likely N-dealkylation sites (tertiary alicyclic amines) is 1. The van der Waals surface area contributed by atoms with Crippen LogP contribution >= 0.6 is 0 Å². The van der Waals surface area contributed by atoms with Crippen molar-refractivity contribution >= 4 is 17.7 Å². The molecule has 1 heterocycles. The number of nitrogens with one attached hydrogen (secondary N) is 3. The monoisotopic (exact) mass is 344 g/mol. The molecule has 9 heteroatoms. The number of alkyl halides is 3. The van der Waals surface area contributed by atoms with E-state index < -0.39 is 17.8 Å². The van der Waals surface area contributed by atoms with E-state index in [0.29, 0.717) is 26.1 Å². The lowest BCUT2D eigenvalue weighted by Gasteiger charge is -2.17. The molecule has 0 bridgehead atoms. The summed E-state index contributed by atoms with van der Waals surface area (Å²) in [5.74, 6) is 0. The van der Waals surface area contributed by atoms with E-state index in [1.165, 1.54) is 12.1 Å². The zero-order valence-corrected chi connectivity index (χ0v) is 13.1. The first-order valence-electron chi connectivity index (χ1n) is 7.57. The molecular weight excluding hydrogens is 325 g/mol. The maximum atomic E-state index is 12.6. The standard InChI is InChI=1S/C15H19F3N4O2/c1-2-19-14(24)22-7-6-12(9-22)21-13(23)20-11-5-3-4-10(8-11)15(16,17)18/h3-5,8,12H,2,6-7,9H2,1H3,(H,19,24)(H2,20,21,23)/t12-/m0/s1. The van der Waals surface area contributed by atoms with Gasteiger partial charge in [0.2, 0.25) is 0 Å². The molecule has 0 saturated carbocycles. The number of nitrogens with zero attached hydrogens (tertiary/aromatic N) is 1. The fourth-order valence-electron chi connectivity index (χ4n) is 2.45. The predicted octanol–water partition coefficient (Wildman–Crippen LogP) is 2.63. The summed E-state index contributed by atoms with van der Waals surface area (Å²) in [6, 6.07) is 3.38. The molecule has 0 aromatic heterocycles. The minimum absolute atomic E-state index is 0.0564. The van der Waals surface area contributed by atoms with Crippen LogP contribution in [0.4, 0.5) is 28.4 Å². The Morgan fingerprint density at radius 1 is 1.33 bits per heavy atom. The highest BCUT2D eigenvalue weighted by molar-refractivity contribution is 5.89. The Kier molecular flexibility index (Phi) is 5.53. The fraction of sp³-hybridized carbons (Fsp3) is 0.467. The number of benzene rings is 1. The maximum Gasteiger partial charge on any atom is 0.416 e. The lowest BCUT2D eigenvalue weighted by molar-refractivity contribution is -0.137. The molecule has 1 aromatic rings. The van der Waals surface area contributed by atoms with Gasteiger partial charge in [-0.1, -0.05) is 6.07 Å². The molecule has 1 atom stereocenters. The van der Waals surface area contributed by atoms with Crippen molar-refractivity contribution in [2.75, 3.05) is 25.0 Å². The second-order valence-electron chi connectivity index (χ2n) is 5.44.